The second-order valence-electron chi connectivity index (χ2n) is 7.58. The number of nitrogens with zero attached hydrogens (tertiary/aromatic N) is 2. The van der Waals surface area contributed by atoms with Crippen molar-refractivity contribution in [3.05, 3.63) is 87.2 Å². The lowest BCUT2D eigenvalue weighted by Crippen LogP contribution is -2.22. The van der Waals surface area contributed by atoms with E-state index >= 15 is 0 Å². The minimum atomic E-state index is -0.336. The van der Waals surface area contributed by atoms with Gasteiger partial charge in [-0.3, -0.25) is 9.59 Å². The molecule has 0 fully saturated rings. The fourth-order valence-corrected chi connectivity index (χ4v) is 4.72. The fourth-order valence-electron chi connectivity index (χ4n) is 3.73. The van der Waals surface area contributed by atoms with Crippen LogP contribution in [0.2, 0.25) is 0 Å². The first kappa shape index (κ1) is 22.4. The summed E-state index contributed by atoms with van der Waals surface area (Å²) in [5.74, 6) is 1.08. The van der Waals surface area contributed by atoms with Gasteiger partial charge in [-0.2, -0.15) is 0 Å². The molecule has 0 spiro atoms. The first-order chi connectivity index (χ1) is 17.1. The Bertz CT molecular complexity index is 1660. The van der Waals surface area contributed by atoms with Crippen LogP contribution in [0.5, 0.6) is 17.2 Å². The molecule has 5 aromatic rings. The normalized spacial score (nSPS) is 11.7. The van der Waals surface area contributed by atoms with Crippen LogP contribution >= 0.6 is 11.3 Å². The maximum Gasteiger partial charge on any atom is 0.274 e. The maximum atomic E-state index is 13.0. The van der Waals surface area contributed by atoms with Crippen LogP contribution in [-0.4, -0.2) is 36.1 Å². The smallest absolute Gasteiger partial charge is 0.274 e. The Morgan fingerprint density at radius 3 is 2.60 bits per heavy atom. The number of carbonyl (C=O) groups excluding carboxylic acids is 1. The fraction of sp³-hybridized carbons (Fsp3) is 0.115. The van der Waals surface area contributed by atoms with E-state index in [9.17, 15) is 9.59 Å². The summed E-state index contributed by atoms with van der Waals surface area (Å²) in [6.07, 6.45) is 1.79. The Labute approximate surface area is 204 Å². The highest BCUT2D eigenvalue weighted by Gasteiger charge is 2.13. The van der Waals surface area contributed by atoms with Gasteiger partial charge >= 0.3 is 0 Å². The standard InChI is InChI=1S/C26H21N3O5S/c1-32-20-10-6-4-8-18(20)27-24(30)15-34-21-12-11-16(13-22(21)33-2)14-23-25(31)29-19-9-5-3-7-17(19)28-26(29)35-23/h3-14H,15H2,1-2H3,(H,27,30)/b23-14-. The van der Waals surface area contributed by atoms with Gasteiger partial charge in [-0.1, -0.05) is 41.7 Å². The maximum absolute atomic E-state index is 13.0. The van der Waals surface area contributed by atoms with E-state index in [1.165, 1.54) is 25.6 Å². The lowest BCUT2D eigenvalue weighted by molar-refractivity contribution is -0.118. The van der Waals surface area contributed by atoms with Crippen molar-refractivity contribution in [2.75, 3.05) is 26.1 Å². The predicted octanol–water partition coefficient (Wildman–Crippen LogP) is 3.49. The molecule has 1 amide bonds. The van der Waals surface area contributed by atoms with Gasteiger partial charge < -0.3 is 19.5 Å². The SMILES string of the molecule is COc1ccccc1NC(=O)COc1ccc(/C=c2\sc3nc4ccccc4n3c2=O)cc1OC. The molecule has 0 aliphatic rings. The molecule has 2 heterocycles. The number of ether oxygens (including phenoxy) is 3. The summed E-state index contributed by atoms with van der Waals surface area (Å²) < 4.78 is 18.6. The van der Waals surface area contributed by atoms with Gasteiger partial charge in [0.05, 0.1) is 35.5 Å². The number of anilines is 1. The van der Waals surface area contributed by atoms with Crippen LogP contribution in [0, 0.1) is 0 Å². The van der Waals surface area contributed by atoms with Crippen molar-refractivity contribution in [2.24, 2.45) is 0 Å². The van der Waals surface area contributed by atoms with E-state index in [0.717, 1.165) is 16.6 Å². The molecule has 1 N–H and O–H groups in total. The molecule has 0 atom stereocenters. The van der Waals surface area contributed by atoms with Crippen LogP contribution in [0.1, 0.15) is 5.56 Å². The van der Waals surface area contributed by atoms with Gasteiger partial charge in [0.25, 0.3) is 11.5 Å². The Hall–Kier alpha value is -4.37. The Balaban J connectivity index is 1.36. The number of methoxy groups -OCH3 is 2. The quantitative estimate of drug-likeness (QED) is 0.378. The molecule has 0 unspecified atom stereocenters. The van der Waals surface area contributed by atoms with Gasteiger partial charge in [0.15, 0.2) is 23.1 Å². The monoisotopic (exact) mass is 487 g/mol. The van der Waals surface area contributed by atoms with Crippen LogP contribution in [0.25, 0.3) is 22.1 Å². The van der Waals surface area contributed by atoms with Gasteiger partial charge in [0.1, 0.15) is 5.75 Å². The van der Waals surface area contributed by atoms with Crippen molar-refractivity contribution in [1.82, 2.24) is 9.38 Å². The van der Waals surface area contributed by atoms with Gasteiger partial charge in [-0.15, -0.1) is 0 Å². The number of nitrogens with one attached hydrogen (secondary N) is 1. The van der Waals surface area contributed by atoms with Gasteiger partial charge in [-0.25, -0.2) is 9.38 Å². The lowest BCUT2D eigenvalue weighted by Gasteiger charge is -2.12. The molecule has 3 aromatic carbocycles. The number of thiazole rings is 1. The molecule has 2 aromatic heterocycles. The molecule has 0 aliphatic heterocycles. The summed E-state index contributed by atoms with van der Waals surface area (Å²) in [5, 5.41) is 2.76. The molecule has 0 aliphatic carbocycles. The second kappa shape index (κ2) is 9.47. The first-order valence-electron chi connectivity index (χ1n) is 10.7. The van der Waals surface area contributed by atoms with Crippen molar-refractivity contribution in [2.45, 2.75) is 0 Å². The molecule has 5 rings (SSSR count). The molecular weight excluding hydrogens is 466 g/mol. The summed E-state index contributed by atoms with van der Waals surface area (Å²) in [5.41, 5.74) is 2.78. The number of carbonyl (C=O) groups is 1. The Morgan fingerprint density at radius 2 is 1.77 bits per heavy atom. The highest BCUT2D eigenvalue weighted by molar-refractivity contribution is 7.15. The van der Waals surface area contributed by atoms with Crippen LogP contribution in [0.3, 0.4) is 0 Å². The molecule has 35 heavy (non-hydrogen) atoms. The zero-order chi connectivity index (χ0) is 24.4. The number of aromatic nitrogens is 2. The van der Waals surface area contributed by atoms with Crippen LogP contribution in [-0.2, 0) is 4.79 Å². The average molecular weight is 488 g/mol. The largest absolute Gasteiger partial charge is 0.495 e. The number of amides is 1. The summed E-state index contributed by atoms with van der Waals surface area (Å²) in [6.45, 7) is -0.211. The highest BCUT2D eigenvalue weighted by atomic mass is 32.1. The van der Waals surface area contributed by atoms with Crippen molar-refractivity contribution in [3.8, 4) is 17.2 Å². The number of para-hydroxylation sites is 4. The Kier molecular flexibility index (Phi) is 6.07. The van der Waals surface area contributed by atoms with E-state index in [4.69, 9.17) is 14.2 Å². The average Bonchev–Trinajstić information content (AvgIpc) is 3.39. The first-order valence-corrected chi connectivity index (χ1v) is 11.5. The second-order valence-corrected chi connectivity index (χ2v) is 8.59. The van der Waals surface area contributed by atoms with Crippen LogP contribution in [0.15, 0.2) is 71.5 Å². The number of hydrogen-bond donors (Lipinski definition) is 1. The molecule has 0 saturated carbocycles. The van der Waals surface area contributed by atoms with Crippen molar-refractivity contribution in [3.63, 3.8) is 0 Å². The van der Waals surface area contributed by atoms with E-state index in [0.29, 0.717) is 32.4 Å². The third-order valence-corrected chi connectivity index (χ3v) is 6.34. The highest BCUT2D eigenvalue weighted by Crippen LogP contribution is 2.29. The van der Waals surface area contributed by atoms with E-state index in [1.807, 2.05) is 30.3 Å². The predicted molar refractivity (Wildman–Crippen MR) is 136 cm³/mol. The summed E-state index contributed by atoms with van der Waals surface area (Å²) in [4.78, 5) is 30.6. The number of benzene rings is 3. The van der Waals surface area contributed by atoms with Crippen molar-refractivity contribution < 1.29 is 19.0 Å². The van der Waals surface area contributed by atoms with Crippen LogP contribution < -0.4 is 29.6 Å². The van der Waals surface area contributed by atoms with Gasteiger partial charge in [0, 0.05) is 0 Å². The molecular formula is C26H21N3O5S. The van der Waals surface area contributed by atoms with Gasteiger partial charge in [-0.05, 0) is 48.0 Å². The minimum Gasteiger partial charge on any atom is -0.495 e. The van der Waals surface area contributed by atoms with Crippen LogP contribution in [0.4, 0.5) is 5.69 Å². The molecule has 176 valence electrons. The number of hydrogen-bond acceptors (Lipinski definition) is 7. The Morgan fingerprint density at radius 1 is 1.00 bits per heavy atom. The van der Waals surface area contributed by atoms with E-state index < -0.39 is 0 Å². The molecule has 0 saturated heterocycles. The molecule has 0 radical (unpaired) electrons. The van der Waals surface area contributed by atoms with Crippen molar-refractivity contribution >= 4 is 45.0 Å². The minimum absolute atomic E-state index is 0.119. The van der Waals surface area contributed by atoms with E-state index in [2.05, 4.69) is 10.3 Å². The van der Waals surface area contributed by atoms with E-state index in [-0.39, 0.29) is 18.1 Å². The zero-order valence-corrected chi connectivity index (χ0v) is 19.8. The topological polar surface area (TPSA) is 91.2 Å². The van der Waals surface area contributed by atoms with Crippen molar-refractivity contribution in [1.29, 1.82) is 0 Å². The molecule has 8 nitrogen and oxygen atoms in total. The third kappa shape index (κ3) is 4.41. The lowest BCUT2D eigenvalue weighted by atomic mass is 10.2. The number of rotatable bonds is 7. The van der Waals surface area contributed by atoms with Gasteiger partial charge in [0.2, 0.25) is 0 Å². The summed E-state index contributed by atoms with van der Waals surface area (Å²) in [6, 6.07) is 19.9. The summed E-state index contributed by atoms with van der Waals surface area (Å²) in [7, 11) is 3.06. The summed E-state index contributed by atoms with van der Waals surface area (Å²) >= 11 is 1.33. The molecule has 0 bridgehead atoms. The van der Waals surface area contributed by atoms with E-state index in [1.54, 1.807) is 46.9 Å². The number of imidazole rings is 1. The molecule has 9 heteroatoms. The zero-order valence-electron chi connectivity index (χ0n) is 19.0. The number of fused-ring (bicyclic) bond motifs is 3. The third-order valence-electron chi connectivity index (χ3n) is 5.37.